The first kappa shape index (κ1) is 13.4. The van der Waals surface area contributed by atoms with Crippen LogP contribution in [0, 0.1) is 18.3 Å². The highest BCUT2D eigenvalue weighted by molar-refractivity contribution is 5.96. The summed E-state index contributed by atoms with van der Waals surface area (Å²) >= 11 is 0. The molecule has 2 rings (SSSR count). The summed E-state index contributed by atoms with van der Waals surface area (Å²) in [6.07, 6.45) is 0. The fraction of sp³-hybridized carbons (Fsp3) is 0.0667. The van der Waals surface area contributed by atoms with Crippen LogP contribution >= 0.6 is 0 Å². The Kier molecular flexibility index (Phi) is 3.58. The molecular weight excluding hydrogens is 254 g/mol. The van der Waals surface area contributed by atoms with E-state index >= 15 is 0 Å². The van der Waals surface area contributed by atoms with Gasteiger partial charge >= 0.3 is 5.97 Å². The van der Waals surface area contributed by atoms with Crippen LogP contribution in [-0.4, -0.2) is 11.1 Å². The van der Waals surface area contributed by atoms with Crippen molar-refractivity contribution in [3.8, 4) is 6.07 Å². The first-order valence-corrected chi connectivity index (χ1v) is 5.92. The fourth-order valence-corrected chi connectivity index (χ4v) is 1.82. The smallest absolute Gasteiger partial charge is 0.337 e. The molecule has 5 nitrogen and oxygen atoms in total. The van der Waals surface area contributed by atoms with Crippen molar-refractivity contribution in [3.63, 3.8) is 0 Å². The Morgan fingerprint density at radius 3 is 2.65 bits per heavy atom. The van der Waals surface area contributed by atoms with E-state index < -0.39 is 5.97 Å². The highest BCUT2D eigenvalue weighted by Crippen LogP contribution is 2.26. The number of carboxylic acids is 1. The van der Waals surface area contributed by atoms with Gasteiger partial charge in [0.15, 0.2) is 0 Å². The maximum Gasteiger partial charge on any atom is 0.337 e. The molecule has 0 aliphatic heterocycles. The Morgan fingerprint density at radius 2 is 2.00 bits per heavy atom. The number of nitriles is 1. The molecule has 0 unspecified atom stereocenters. The highest BCUT2D eigenvalue weighted by atomic mass is 16.4. The Balaban J connectivity index is 2.45. The van der Waals surface area contributed by atoms with E-state index in [4.69, 9.17) is 11.0 Å². The summed E-state index contributed by atoms with van der Waals surface area (Å²) in [5.41, 5.74) is 8.62. The van der Waals surface area contributed by atoms with Gasteiger partial charge in [0.05, 0.1) is 22.9 Å². The summed E-state index contributed by atoms with van der Waals surface area (Å²) < 4.78 is 0. The van der Waals surface area contributed by atoms with Crippen molar-refractivity contribution in [2.24, 2.45) is 0 Å². The number of aryl methyl sites for hydroxylation is 1. The first-order valence-electron chi connectivity index (χ1n) is 5.92. The average Bonchev–Trinajstić information content (AvgIpc) is 2.42. The van der Waals surface area contributed by atoms with Crippen LogP contribution in [-0.2, 0) is 0 Å². The number of nitrogens with zero attached hydrogens (tertiary/aromatic N) is 1. The van der Waals surface area contributed by atoms with E-state index in [9.17, 15) is 9.90 Å². The third-order valence-corrected chi connectivity index (χ3v) is 2.91. The predicted molar refractivity (Wildman–Crippen MR) is 77.0 cm³/mol. The van der Waals surface area contributed by atoms with Crippen molar-refractivity contribution in [2.45, 2.75) is 6.92 Å². The number of nitrogens with one attached hydrogen (secondary N) is 1. The number of nitrogens with two attached hydrogens (primary N) is 1. The highest BCUT2D eigenvalue weighted by Gasteiger charge is 2.11. The minimum absolute atomic E-state index is 0.0896. The maximum atomic E-state index is 11.2. The van der Waals surface area contributed by atoms with Gasteiger partial charge in [-0.2, -0.15) is 5.26 Å². The molecule has 0 bridgehead atoms. The van der Waals surface area contributed by atoms with Crippen LogP contribution in [0.25, 0.3) is 0 Å². The second kappa shape index (κ2) is 5.33. The van der Waals surface area contributed by atoms with Gasteiger partial charge in [-0.1, -0.05) is 6.07 Å². The lowest BCUT2D eigenvalue weighted by molar-refractivity contribution is 0.0698. The molecule has 0 radical (unpaired) electrons. The van der Waals surface area contributed by atoms with E-state index in [-0.39, 0.29) is 5.56 Å². The molecule has 100 valence electrons. The van der Waals surface area contributed by atoms with Gasteiger partial charge in [0, 0.05) is 11.4 Å². The van der Waals surface area contributed by atoms with Gasteiger partial charge in [-0.15, -0.1) is 0 Å². The van der Waals surface area contributed by atoms with Crippen LogP contribution < -0.4 is 11.1 Å². The van der Waals surface area contributed by atoms with E-state index in [0.29, 0.717) is 22.6 Å². The van der Waals surface area contributed by atoms with E-state index in [2.05, 4.69) is 11.4 Å². The molecule has 2 aromatic rings. The molecule has 0 heterocycles. The lowest BCUT2D eigenvalue weighted by atomic mass is 10.1. The van der Waals surface area contributed by atoms with Crippen molar-refractivity contribution in [2.75, 3.05) is 11.1 Å². The van der Waals surface area contributed by atoms with Crippen LogP contribution in [0.2, 0.25) is 0 Å². The molecule has 0 atom stereocenters. The normalized spacial score (nSPS) is 9.80. The zero-order chi connectivity index (χ0) is 14.7. The molecule has 0 fully saturated rings. The molecule has 2 aromatic carbocycles. The van der Waals surface area contributed by atoms with Crippen molar-refractivity contribution in [1.29, 1.82) is 5.26 Å². The van der Waals surface area contributed by atoms with Gasteiger partial charge < -0.3 is 16.2 Å². The molecule has 0 amide bonds. The van der Waals surface area contributed by atoms with Gasteiger partial charge in [-0.25, -0.2) is 4.79 Å². The van der Waals surface area contributed by atoms with Crippen molar-refractivity contribution >= 4 is 23.0 Å². The van der Waals surface area contributed by atoms with Crippen LogP contribution in [0.5, 0.6) is 0 Å². The second-order valence-electron chi connectivity index (χ2n) is 4.38. The van der Waals surface area contributed by atoms with Crippen LogP contribution in [0.15, 0.2) is 36.4 Å². The fourth-order valence-electron chi connectivity index (χ4n) is 1.82. The Hall–Kier alpha value is -3.00. The van der Waals surface area contributed by atoms with Crippen LogP contribution in [0.1, 0.15) is 21.5 Å². The summed E-state index contributed by atoms with van der Waals surface area (Å²) in [7, 11) is 0. The lowest BCUT2D eigenvalue weighted by Gasteiger charge is -2.12. The molecule has 5 heteroatoms. The number of nitrogen functional groups attached to an aromatic ring is 1. The summed E-state index contributed by atoms with van der Waals surface area (Å²) in [6.45, 7) is 1.88. The van der Waals surface area contributed by atoms with Gasteiger partial charge in [0.2, 0.25) is 0 Å². The number of hydrogen-bond donors (Lipinski definition) is 3. The third-order valence-electron chi connectivity index (χ3n) is 2.91. The van der Waals surface area contributed by atoms with E-state index in [0.717, 1.165) is 5.56 Å². The van der Waals surface area contributed by atoms with Gasteiger partial charge in [-0.05, 0) is 42.8 Å². The number of benzene rings is 2. The average molecular weight is 267 g/mol. The molecule has 0 saturated carbocycles. The summed E-state index contributed by atoms with van der Waals surface area (Å²) in [5, 5.41) is 21.1. The number of aromatic carboxylic acids is 1. The molecule has 0 aliphatic carbocycles. The predicted octanol–water partition coefficient (Wildman–Crippen LogP) is 2.89. The summed E-state index contributed by atoms with van der Waals surface area (Å²) in [5.74, 6) is -1.06. The molecule has 0 aliphatic rings. The molecule has 0 aromatic heterocycles. The molecule has 0 saturated heterocycles. The molecule has 4 N–H and O–H groups in total. The monoisotopic (exact) mass is 267 g/mol. The Bertz CT molecular complexity index is 718. The number of anilines is 3. The zero-order valence-corrected chi connectivity index (χ0v) is 10.8. The zero-order valence-electron chi connectivity index (χ0n) is 10.8. The van der Waals surface area contributed by atoms with Gasteiger partial charge in [0.1, 0.15) is 0 Å². The lowest BCUT2D eigenvalue weighted by Crippen LogP contribution is -2.04. The quantitative estimate of drug-likeness (QED) is 0.742. The van der Waals surface area contributed by atoms with E-state index in [1.165, 1.54) is 6.07 Å². The molecule has 0 spiro atoms. The number of hydrogen-bond acceptors (Lipinski definition) is 4. The summed E-state index contributed by atoms with van der Waals surface area (Å²) in [4.78, 5) is 11.2. The Labute approximate surface area is 116 Å². The van der Waals surface area contributed by atoms with Crippen LogP contribution in [0.4, 0.5) is 17.1 Å². The molecule has 20 heavy (non-hydrogen) atoms. The number of carbonyl (C=O) groups is 1. The van der Waals surface area contributed by atoms with Crippen molar-refractivity contribution < 1.29 is 9.90 Å². The van der Waals surface area contributed by atoms with Crippen LogP contribution in [0.3, 0.4) is 0 Å². The SMILES string of the molecule is Cc1ccc(C#N)cc1Nc1ccc(N)cc1C(=O)O. The largest absolute Gasteiger partial charge is 0.478 e. The minimum atomic E-state index is -1.06. The van der Waals surface area contributed by atoms with Crippen molar-refractivity contribution in [1.82, 2.24) is 0 Å². The van der Waals surface area contributed by atoms with Crippen molar-refractivity contribution in [3.05, 3.63) is 53.1 Å². The molecular formula is C15H13N3O2. The minimum Gasteiger partial charge on any atom is -0.478 e. The number of carboxylic acid groups (broad SMARTS) is 1. The first-order chi connectivity index (χ1) is 9.51. The van der Waals surface area contributed by atoms with E-state index in [1.54, 1.807) is 30.3 Å². The van der Waals surface area contributed by atoms with E-state index in [1.807, 2.05) is 6.92 Å². The number of rotatable bonds is 3. The summed E-state index contributed by atoms with van der Waals surface area (Å²) in [6, 6.07) is 11.9. The topological polar surface area (TPSA) is 99.1 Å². The maximum absolute atomic E-state index is 11.2. The Morgan fingerprint density at radius 1 is 1.25 bits per heavy atom. The van der Waals surface area contributed by atoms with Gasteiger partial charge in [0.25, 0.3) is 0 Å². The third kappa shape index (κ3) is 2.70. The standard InChI is InChI=1S/C15H13N3O2/c1-9-2-3-10(8-16)6-14(9)18-13-5-4-11(17)7-12(13)15(19)20/h2-7,18H,17H2,1H3,(H,19,20). The second-order valence-corrected chi connectivity index (χ2v) is 4.38. The van der Waals surface area contributed by atoms with Gasteiger partial charge in [-0.3, -0.25) is 0 Å².